The molecule has 1 aliphatic carbocycles. The highest BCUT2D eigenvalue weighted by Crippen LogP contribution is 2.42. The molecule has 0 spiro atoms. The first kappa shape index (κ1) is 14.8. The Morgan fingerprint density at radius 1 is 1.32 bits per heavy atom. The second-order valence-electron chi connectivity index (χ2n) is 6.56. The van der Waals surface area contributed by atoms with Crippen molar-refractivity contribution in [2.75, 3.05) is 6.54 Å². The third kappa shape index (κ3) is 3.13. The summed E-state index contributed by atoms with van der Waals surface area (Å²) in [7, 11) is 0. The SMILES string of the molecule is CCCCC1NC(C)N(CC2(CC)CCCC2)C1=O. The standard InChI is InChI=1S/C16H30N2O/c1-4-6-9-14-15(19)18(13(3)17-14)12-16(5-2)10-7-8-11-16/h13-14,17H,4-12H2,1-3H3. The highest BCUT2D eigenvalue weighted by molar-refractivity contribution is 5.84. The Morgan fingerprint density at radius 3 is 2.58 bits per heavy atom. The van der Waals surface area contributed by atoms with Gasteiger partial charge in [0.05, 0.1) is 12.2 Å². The van der Waals surface area contributed by atoms with Gasteiger partial charge in [-0.25, -0.2) is 0 Å². The molecule has 2 unspecified atom stereocenters. The van der Waals surface area contributed by atoms with Crippen LogP contribution in [0.2, 0.25) is 0 Å². The summed E-state index contributed by atoms with van der Waals surface area (Å²) in [5, 5.41) is 3.48. The van der Waals surface area contributed by atoms with Crippen LogP contribution in [0.1, 0.15) is 72.1 Å². The molecule has 3 nitrogen and oxygen atoms in total. The molecule has 2 fully saturated rings. The number of hydrogen-bond acceptors (Lipinski definition) is 2. The molecule has 0 aromatic rings. The van der Waals surface area contributed by atoms with E-state index in [9.17, 15) is 4.79 Å². The molecule has 2 atom stereocenters. The number of rotatable bonds is 6. The van der Waals surface area contributed by atoms with Gasteiger partial charge in [-0.15, -0.1) is 0 Å². The van der Waals surface area contributed by atoms with E-state index in [1.807, 2.05) is 0 Å². The summed E-state index contributed by atoms with van der Waals surface area (Å²) in [6, 6.07) is 0.0743. The van der Waals surface area contributed by atoms with E-state index in [0.29, 0.717) is 11.3 Å². The van der Waals surface area contributed by atoms with E-state index in [-0.39, 0.29) is 12.2 Å². The average Bonchev–Trinajstić information content (AvgIpc) is 2.98. The molecular formula is C16H30N2O. The molecule has 1 heterocycles. The van der Waals surface area contributed by atoms with Gasteiger partial charge >= 0.3 is 0 Å². The molecule has 2 aliphatic rings. The zero-order chi connectivity index (χ0) is 13.9. The molecule has 1 N–H and O–H groups in total. The second kappa shape index (κ2) is 6.25. The smallest absolute Gasteiger partial charge is 0.241 e. The maximum absolute atomic E-state index is 12.5. The third-order valence-electron chi connectivity index (χ3n) is 5.26. The first-order valence-corrected chi connectivity index (χ1v) is 8.18. The maximum Gasteiger partial charge on any atom is 0.241 e. The number of amides is 1. The molecule has 1 aliphatic heterocycles. The van der Waals surface area contributed by atoms with E-state index in [0.717, 1.165) is 19.4 Å². The summed E-state index contributed by atoms with van der Waals surface area (Å²) < 4.78 is 0. The first-order chi connectivity index (χ1) is 9.12. The molecule has 1 saturated carbocycles. The highest BCUT2D eigenvalue weighted by Gasteiger charge is 2.41. The van der Waals surface area contributed by atoms with E-state index in [1.54, 1.807) is 0 Å². The molecular weight excluding hydrogens is 236 g/mol. The number of nitrogens with zero attached hydrogens (tertiary/aromatic N) is 1. The minimum Gasteiger partial charge on any atom is -0.326 e. The quantitative estimate of drug-likeness (QED) is 0.800. The predicted octanol–water partition coefficient (Wildman–Crippen LogP) is 3.29. The van der Waals surface area contributed by atoms with Gasteiger partial charge in [0.1, 0.15) is 0 Å². The predicted molar refractivity (Wildman–Crippen MR) is 78.8 cm³/mol. The molecule has 0 radical (unpaired) electrons. The van der Waals surface area contributed by atoms with Gasteiger partial charge in [0.2, 0.25) is 5.91 Å². The lowest BCUT2D eigenvalue weighted by molar-refractivity contribution is -0.131. The van der Waals surface area contributed by atoms with Crippen LogP contribution < -0.4 is 5.32 Å². The Balaban J connectivity index is 1.97. The molecule has 110 valence electrons. The van der Waals surface area contributed by atoms with Crippen LogP contribution in [-0.4, -0.2) is 29.6 Å². The van der Waals surface area contributed by atoms with Crippen molar-refractivity contribution >= 4 is 5.91 Å². The molecule has 2 rings (SSSR count). The summed E-state index contributed by atoms with van der Waals surface area (Å²) >= 11 is 0. The lowest BCUT2D eigenvalue weighted by Crippen LogP contribution is -2.42. The van der Waals surface area contributed by atoms with Crippen LogP contribution in [-0.2, 0) is 4.79 Å². The van der Waals surface area contributed by atoms with Crippen LogP contribution in [0.25, 0.3) is 0 Å². The first-order valence-electron chi connectivity index (χ1n) is 8.18. The van der Waals surface area contributed by atoms with Crippen molar-refractivity contribution in [1.82, 2.24) is 10.2 Å². The normalized spacial score (nSPS) is 30.3. The second-order valence-corrected chi connectivity index (χ2v) is 6.56. The monoisotopic (exact) mass is 266 g/mol. The summed E-state index contributed by atoms with van der Waals surface area (Å²) in [4.78, 5) is 14.7. The van der Waals surface area contributed by atoms with Gasteiger partial charge in [0.25, 0.3) is 0 Å². The Labute approximate surface area is 118 Å². The number of hydrogen-bond donors (Lipinski definition) is 1. The van der Waals surface area contributed by atoms with Crippen LogP contribution in [0.15, 0.2) is 0 Å². The Morgan fingerprint density at radius 2 is 2.00 bits per heavy atom. The summed E-state index contributed by atoms with van der Waals surface area (Å²) in [6.07, 6.45) is 10.0. The zero-order valence-electron chi connectivity index (χ0n) is 12.9. The number of nitrogens with one attached hydrogen (secondary N) is 1. The van der Waals surface area contributed by atoms with Crippen molar-refractivity contribution in [2.24, 2.45) is 5.41 Å². The zero-order valence-corrected chi connectivity index (χ0v) is 12.9. The van der Waals surface area contributed by atoms with E-state index in [1.165, 1.54) is 38.5 Å². The maximum atomic E-state index is 12.5. The minimum absolute atomic E-state index is 0.0743. The minimum atomic E-state index is 0.0743. The fourth-order valence-electron chi connectivity index (χ4n) is 3.78. The van der Waals surface area contributed by atoms with Gasteiger partial charge < -0.3 is 4.90 Å². The molecule has 0 aromatic carbocycles. The fraction of sp³-hybridized carbons (Fsp3) is 0.938. The van der Waals surface area contributed by atoms with Gasteiger partial charge in [-0.2, -0.15) is 0 Å². The largest absolute Gasteiger partial charge is 0.326 e. The number of unbranched alkanes of at least 4 members (excludes halogenated alkanes) is 1. The van der Waals surface area contributed by atoms with Crippen LogP contribution in [0.4, 0.5) is 0 Å². The Bertz CT molecular complexity index is 310. The Hall–Kier alpha value is -0.570. The van der Waals surface area contributed by atoms with Crippen molar-refractivity contribution in [3.63, 3.8) is 0 Å². The lowest BCUT2D eigenvalue weighted by atomic mass is 9.82. The van der Waals surface area contributed by atoms with Gasteiger partial charge in [-0.3, -0.25) is 10.1 Å². The number of carbonyl (C=O) groups is 1. The molecule has 3 heteroatoms. The lowest BCUT2D eigenvalue weighted by Gasteiger charge is -2.34. The third-order valence-corrected chi connectivity index (χ3v) is 5.26. The number of carbonyl (C=O) groups excluding carboxylic acids is 1. The van der Waals surface area contributed by atoms with Gasteiger partial charge in [-0.05, 0) is 38.0 Å². The average molecular weight is 266 g/mol. The van der Waals surface area contributed by atoms with Crippen molar-refractivity contribution in [3.05, 3.63) is 0 Å². The van der Waals surface area contributed by atoms with Crippen LogP contribution in [0.5, 0.6) is 0 Å². The molecule has 1 amide bonds. The van der Waals surface area contributed by atoms with Crippen molar-refractivity contribution < 1.29 is 4.79 Å². The van der Waals surface area contributed by atoms with Crippen molar-refractivity contribution in [2.45, 2.75) is 84.3 Å². The van der Waals surface area contributed by atoms with E-state index in [4.69, 9.17) is 0 Å². The molecule has 0 bridgehead atoms. The van der Waals surface area contributed by atoms with Gasteiger partial charge in [0.15, 0.2) is 0 Å². The molecule has 19 heavy (non-hydrogen) atoms. The van der Waals surface area contributed by atoms with Crippen LogP contribution in [0.3, 0.4) is 0 Å². The van der Waals surface area contributed by atoms with Crippen molar-refractivity contribution in [1.29, 1.82) is 0 Å². The Kier molecular flexibility index (Phi) is 4.88. The highest BCUT2D eigenvalue weighted by atomic mass is 16.2. The van der Waals surface area contributed by atoms with Gasteiger partial charge in [0, 0.05) is 6.54 Å². The topological polar surface area (TPSA) is 32.3 Å². The molecule has 1 saturated heterocycles. The van der Waals surface area contributed by atoms with Crippen molar-refractivity contribution in [3.8, 4) is 0 Å². The summed E-state index contributed by atoms with van der Waals surface area (Å²) in [5.41, 5.74) is 0.408. The van der Waals surface area contributed by atoms with E-state index in [2.05, 4.69) is 31.0 Å². The summed E-state index contributed by atoms with van der Waals surface area (Å²) in [5.74, 6) is 0.348. The fourth-order valence-corrected chi connectivity index (χ4v) is 3.78. The van der Waals surface area contributed by atoms with Crippen LogP contribution >= 0.6 is 0 Å². The van der Waals surface area contributed by atoms with Gasteiger partial charge in [-0.1, -0.05) is 39.5 Å². The molecule has 0 aromatic heterocycles. The van der Waals surface area contributed by atoms with E-state index < -0.39 is 0 Å². The van der Waals surface area contributed by atoms with E-state index >= 15 is 0 Å². The van der Waals surface area contributed by atoms with Crippen LogP contribution in [0, 0.1) is 5.41 Å². The summed E-state index contributed by atoms with van der Waals surface area (Å²) in [6.45, 7) is 7.59.